The molecular weight excluding hydrogens is 517 g/mol. The molecule has 2 aromatic rings. The summed E-state index contributed by atoms with van der Waals surface area (Å²) in [5.41, 5.74) is 10.7. The van der Waals surface area contributed by atoms with Crippen molar-refractivity contribution >= 4 is 17.7 Å². The summed E-state index contributed by atoms with van der Waals surface area (Å²) in [6.07, 6.45) is 13.6. The van der Waals surface area contributed by atoms with Gasteiger partial charge < -0.3 is 10.6 Å². The third-order valence-electron chi connectivity index (χ3n) is 7.20. The molecular formula is C33H44FN5O2. The van der Waals surface area contributed by atoms with Gasteiger partial charge in [0.2, 0.25) is 5.82 Å². The number of halogens is 1. The third-order valence-corrected chi connectivity index (χ3v) is 7.20. The number of anilines is 1. The summed E-state index contributed by atoms with van der Waals surface area (Å²) in [6, 6.07) is 3.22. The summed E-state index contributed by atoms with van der Waals surface area (Å²) in [7, 11) is 3.44. The van der Waals surface area contributed by atoms with Crippen molar-refractivity contribution in [3.63, 3.8) is 0 Å². The molecule has 3 rings (SSSR count). The molecule has 0 spiro atoms. The molecule has 41 heavy (non-hydrogen) atoms. The van der Waals surface area contributed by atoms with Crippen LogP contribution in [0.3, 0.4) is 0 Å². The SMILES string of the molecule is C=C/C(=C\C=C(/C)C1=CCN(C(C)/C(C)=C/c2c(-n3ccc(N)c(F)c3=O)ccnc2C)CC1)C(=O)N(C)C.CC. The first-order valence-electron chi connectivity index (χ1n) is 13.9. The molecule has 1 aliphatic rings. The van der Waals surface area contributed by atoms with Gasteiger partial charge in [0.1, 0.15) is 0 Å². The first kappa shape index (κ1) is 33.2. The van der Waals surface area contributed by atoms with Crippen LogP contribution in [0.15, 0.2) is 82.5 Å². The number of likely N-dealkylation sites (N-methyl/N-ethyl adjacent to an activating group) is 1. The maximum atomic E-state index is 14.3. The van der Waals surface area contributed by atoms with Gasteiger partial charge in [0, 0.05) is 62.5 Å². The van der Waals surface area contributed by atoms with E-state index in [1.165, 1.54) is 27.3 Å². The summed E-state index contributed by atoms with van der Waals surface area (Å²) in [4.78, 5) is 33.1. The summed E-state index contributed by atoms with van der Waals surface area (Å²) in [5, 5.41) is 0. The molecule has 0 bridgehead atoms. The summed E-state index contributed by atoms with van der Waals surface area (Å²) in [6.45, 7) is 17.5. The Morgan fingerprint density at radius 1 is 1.22 bits per heavy atom. The zero-order chi connectivity index (χ0) is 30.9. The van der Waals surface area contributed by atoms with Gasteiger partial charge in [0.15, 0.2) is 0 Å². The molecule has 1 amide bonds. The van der Waals surface area contributed by atoms with Crippen molar-refractivity contribution in [1.29, 1.82) is 0 Å². The standard InChI is InChI=1S/C31H38FN5O2.C2H6/c1-8-24(30(38)35(6)7)10-9-20(2)25-12-16-36(17-13-25)23(5)21(3)19-26-22(4)34-15-11-28(26)37-18-14-27(33)29(32)31(37)39;1-2/h8-12,14-15,18-19,23H,1,13,16-17,33H2,2-7H3;1-2H3/b20-9+,21-19+,24-10+;. The number of aromatic nitrogens is 2. The smallest absolute Gasteiger partial charge is 0.293 e. The zero-order valence-electron chi connectivity index (χ0n) is 25.7. The monoisotopic (exact) mass is 561 g/mol. The normalized spacial score (nSPS) is 15.4. The van der Waals surface area contributed by atoms with Crippen molar-refractivity contribution in [2.45, 2.75) is 54.0 Å². The Morgan fingerprint density at radius 3 is 2.49 bits per heavy atom. The number of rotatable bonds is 8. The van der Waals surface area contributed by atoms with E-state index < -0.39 is 11.4 Å². The summed E-state index contributed by atoms with van der Waals surface area (Å²) >= 11 is 0. The highest BCUT2D eigenvalue weighted by Gasteiger charge is 2.20. The molecule has 0 aliphatic carbocycles. The molecule has 1 unspecified atom stereocenters. The van der Waals surface area contributed by atoms with Gasteiger partial charge in [-0.25, -0.2) is 0 Å². The van der Waals surface area contributed by atoms with E-state index in [-0.39, 0.29) is 17.6 Å². The van der Waals surface area contributed by atoms with E-state index >= 15 is 0 Å². The Bertz CT molecular complexity index is 1450. The molecule has 7 nitrogen and oxygen atoms in total. The lowest BCUT2D eigenvalue weighted by molar-refractivity contribution is -0.124. The Kier molecular flexibility index (Phi) is 12.2. The van der Waals surface area contributed by atoms with Crippen LogP contribution in [-0.2, 0) is 4.79 Å². The topological polar surface area (TPSA) is 84.5 Å². The van der Waals surface area contributed by atoms with Gasteiger partial charge >= 0.3 is 0 Å². The minimum Gasteiger partial charge on any atom is -0.396 e. The Labute approximate surface area is 243 Å². The number of aryl methyl sites for hydroxylation is 1. The maximum Gasteiger partial charge on any atom is 0.293 e. The highest BCUT2D eigenvalue weighted by molar-refractivity contribution is 5.96. The molecule has 2 N–H and O–H groups in total. The number of carbonyl (C=O) groups excluding carboxylic acids is 1. The second-order valence-corrected chi connectivity index (χ2v) is 10.0. The van der Waals surface area contributed by atoms with E-state index in [1.54, 1.807) is 32.4 Å². The molecule has 0 radical (unpaired) electrons. The molecule has 8 heteroatoms. The molecule has 1 aliphatic heterocycles. The third kappa shape index (κ3) is 8.01. The lowest BCUT2D eigenvalue weighted by atomic mass is 9.97. The van der Waals surface area contributed by atoms with Crippen molar-refractivity contribution in [2.75, 3.05) is 32.9 Å². The van der Waals surface area contributed by atoms with Crippen molar-refractivity contribution in [1.82, 2.24) is 19.4 Å². The van der Waals surface area contributed by atoms with Crippen molar-refractivity contribution in [3.05, 3.63) is 105 Å². The van der Waals surface area contributed by atoms with Crippen LogP contribution in [0, 0.1) is 12.7 Å². The fourth-order valence-electron chi connectivity index (χ4n) is 4.51. The number of allylic oxidation sites excluding steroid dienone is 3. The highest BCUT2D eigenvalue weighted by atomic mass is 19.1. The second kappa shape index (κ2) is 15.1. The van der Waals surface area contributed by atoms with Crippen LogP contribution < -0.4 is 11.3 Å². The van der Waals surface area contributed by atoms with Crippen LogP contribution in [0.2, 0.25) is 0 Å². The minimum atomic E-state index is -0.965. The second-order valence-electron chi connectivity index (χ2n) is 10.0. The van der Waals surface area contributed by atoms with Crippen LogP contribution in [0.1, 0.15) is 52.3 Å². The molecule has 2 aromatic heterocycles. The molecule has 0 saturated heterocycles. The van der Waals surface area contributed by atoms with Crippen molar-refractivity contribution in [2.24, 2.45) is 0 Å². The van der Waals surface area contributed by atoms with E-state index in [2.05, 4.69) is 43.3 Å². The van der Waals surface area contributed by atoms with Crippen molar-refractivity contribution in [3.8, 4) is 5.69 Å². The molecule has 3 heterocycles. The molecule has 0 saturated carbocycles. The highest BCUT2D eigenvalue weighted by Crippen LogP contribution is 2.25. The number of pyridine rings is 2. The van der Waals surface area contributed by atoms with Crippen LogP contribution in [-0.4, -0.2) is 58.5 Å². The Balaban J connectivity index is 0.00000287. The number of hydrogen-bond acceptors (Lipinski definition) is 5. The first-order chi connectivity index (χ1) is 19.5. The lowest BCUT2D eigenvalue weighted by Gasteiger charge is -2.33. The predicted molar refractivity (Wildman–Crippen MR) is 168 cm³/mol. The van der Waals surface area contributed by atoms with Crippen LogP contribution in [0.5, 0.6) is 0 Å². The molecule has 0 aromatic carbocycles. The van der Waals surface area contributed by atoms with Gasteiger partial charge in [-0.05, 0) is 63.5 Å². The number of nitrogens with zero attached hydrogens (tertiary/aromatic N) is 4. The fourth-order valence-corrected chi connectivity index (χ4v) is 4.51. The van der Waals surface area contributed by atoms with Gasteiger partial charge in [0.25, 0.3) is 11.5 Å². The molecule has 0 fully saturated rings. The number of nitrogens with two attached hydrogens (primary N) is 1. The summed E-state index contributed by atoms with van der Waals surface area (Å²) < 4.78 is 15.5. The number of carbonyl (C=O) groups is 1. The van der Waals surface area contributed by atoms with E-state index in [4.69, 9.17) is 5.73 Å². The minimum absolute atomic E-state index is 0.0765. The first-order valence-corrected chi connectivity index (χ1v) is 13.9. The summed E-state index contributed by atoms with van der Waals surface area (Å²) in [5.74, 6) is -1.04. The fraction of sp³-hybridized carbons (Fsp3) is 0.364. The maximum absolute atomic E-state index is 14.3. The quantitative estimate of drug-likeness (QED) is 0.322. The number of hydrogen-bond donors (Lipinski definition) is 1. The lowest BCUT2D eigenvalue weighted by Crippen LogP contribution is -2.37. The number of amides is 1. The van der Waals surface area contributed by atoms with Gasteiger partial charge in [-0.1, -0.05) is 50.3 Å². The average molecular weight is 562 g/mol. The van der Waals surface area contributed by atoms with Crippen LogP contribution >= 0.6 is 0 Å². The number of nitrogen functional groups attached to an aromatic ring is 1. The Hall–Kier alpha value is -4.04. The van der Waals surface area contributed by atoms with E-state index in [0.717, 1.165) is 41.9 Å². The van der Waals surface area contributed by atoms with E-state index in [9.17, 15) is 14.0 Å². The van der Waals surface area contributed by atoms with E-state index in [0.29, 0.717) is 11.3 Å². The van der Waals surface area contributed by atoms with Gasteiger partial charge in [0.05, 0.1) is 11.4 Å². The predicted octanol–water partition coefficient (Wildman–Crippen LogP) is 5.86. The average Bonchev–Trinajstić information content (AvgIpc) is 2.98. The van der Waals surface area contributed by atoms with Gasteiger partial charge in [-0.2, -0.15) is 4.39 Å². The van der Waals surface area contributed by atoms with Crippen LogP contribution in [0.25, 0.3) is 11.8 Å². The van der Waals surface area contributed by atoms with Crippen molar-refractivity contribution < 1.29 is 9.18 Å². The zero-order valence-corrected chi connectivity index (χ0v) is 25.7. The molecule has 220 valence electrons. The molecule has 1 atom stereocenters. The van der Waals surface area contributed by atoms with Crippen LogP contribution in [0.4, 0.5) is 10.1 Å². The Morgan fingerprint density at radius 2 is 1.90 bits per heavy atom. The van der Waals surface area contributed by atoms with E-state index in [1.807, 2.05) is 39.0 Å². The largest absolute Gasteiger partial charge is 0.396 e. The van der Waals surface area contributed by atoms with Gasteiger partial charge in [-0.15, -0.1) is 0 Å². The van der Waals surface area contributed by atoms with Gasteiger partial charge in [-0.3, -0.25) is 24.0 Å².